The Bertz CT molecular complexity index is 1050. The van der Waals surface area contributed by atoms with Gasteiger partial charge in [-0.25, -0.2) is 4.99 Å². The number of aliphatic imine (C=N–C) groups is 1. The number of amides is 1. The molecule has 4 rings (SSSR count). The maximum Gasteiger partial charge on any atom is 0.269 e. The third-order valence-corrected chi connectivity index (χ3v) is 7.49. The summed E-state index contributed by atoms with van der Waals surface area (Å²) in [6.45, 7) is 7.60. The highest BCUT2D eigenvalue weighted by Crippen LogP contribution is 2.50. The monoisotopic (exact) mass is 439 g/mol. The zero-order valence-corrected chi connectivity index (χ0v) is 19.0. The average Bonchev–Trinajstić information content (AvgIpc) is 3.25. The van der Waals surface area contributed by atoms with E-state index in [1.807, 2.05) is 19.1 Å². The number of para-hydroxylation sites is 1. The molecule has 1 fully saturated rings. The summed E-state index contributed by atoms with van der Waals surface area (Å²) in [5.74, 6) is 0.244. The average molecular weight is 440 g/mol. The van der Waals surface area contributed by atoms with Crippen LogP contribution in [0.15, 0.2) is 62.3 Å². The Morgan fingerprint density at radius 3 is 2.60 bits per heavy atom. The largest absolute Gasteiger partial charge is 0.508 e. The van der Waals surface area contributed by atoms with Crippen LogP contribution >= 0.6 is 23.5 Å². The summed E-state index contributed by atoms with van der Waals surface area (Å²) in [6, 6.07) is 13.4. The summed E-state index contributed by atoms with van der Waals surface area (Å²) >= 11 is 3.11. The number of thioether (sulfide) groups is 2. The molecule has 0 bridgehead atoms. The maximum absolute atomic E-state index is 13.4. The molecule has 1 saturated heterocycles. The van der Waals surface area contributed by atoms with Crippen molar-refractivity contribution in [2.75, 3.05) is 18.0 Å². The van der Waals surface area contributed by atoms with E-state index in [1.165, 1.54) is 16.7 Å². The molecule has 2 aliphatic rings. The van der Waals surface area contributed by atoms with Crippen molar-refractivity contribution >= 4 is 46.0 Å². The fraction of sp³-hybridized carbons (Fsp3) is 0.304. The molecule has 0 radical (unpaired) electrons. The predicted molar refractivity (Wildman–Crippen MR) is 126 cm³/mol. The number of fused-ring (bicyclic) bond motifs is 1. The van der Waals surface area contributed by atoms with E-state index in [-0.39, 0.29) is 11.7 Å². The van der Waals surface area contributed by atoms with Crippen LogP contribution < -0.4 is 4.90 Å². The van der Waals surface area contributed by atoms with Gasteiger partial charge in [0.1, 0.15) is 15.7 Å². The van der Waals surface area contributed by atoms with Gasteiger partial charge in [0.25, 0.3) is 5.91 Å². The van der Waals surface area contributed by atoms with E-state index in [1.54, 1.807) is 34.9 Å². The molecule has 1 amide bonds. The van der Waals surface area contributed by atoms with E-state index >= 15 is 0 Å². The van der Waals surface area contributed by atoms with Crippen LogP contribution in [0.25, 0.3) is 0 Å². The molecule has 0 saturated carbocycles. The van der Waals surface area contributed by atoms with Gasteiger partial charge in [0.2, 0.25) is 0 Å². The molecular formula is C23H25N3O2S2. The van der Waals surface area contributed by atoms with Crippen LogP contribution in [-0.4, -0.2) is 34.2 Å². The number of unbranched alkanes of at least 4 members (excludes halogenated alkanes) is 1. The molecule has 2 aliphatic heterocycles. The fourth-order valence-electron chi connectivity index (χ4n) is 3.52. The van der Waals surface area contributed by atoms with Gasteiger partial charge < -0.3 is 10.0 Å². The molecule has 30 heavy (non-hydrogen) atoms. The third-order valence-electron chi connectivity index (χ3n) is 5.11. The maximum atomic E-state index is 13.4. The van der Waals surface area contributed by atoms with Gasteiger partial charge in [-0.1, -0.05) is 37.2 Å². The number of hydrogen-bond donors (Lipinski definition) is 1. The molecule has 2 aromatic carbocycles. The first-order valence-electron chi connectivity index (χ1n) is 10.2. The van der Waals surface area contributed by atoms with Gasteiger partial charge in [0.05, 0.1) is 11.4 Å². The first-order chi connectivity index (χ1) is 14.5. The number of nitrogens with zero attached hydrogens (tertiary/aromatic N) is 3. The second-order valence-corrected chi connectivity index (χ2v) is 9.23. The number of rotatable bonds is 5. The Morgan fingerprint density at radius 2 is 1.87 bits per heavy atom. The molecule has 2 heterocycles. The molecular weight excluding hydrogens is 414 g/mol. The molecule has 0 spiro atoms. The number of carbonyl (C=O) groups is 1. The summed E-state index contributed by atoms with van der Waals surface area (Å²) in [4.78, 5) is 24.2. The van der Waals surface area contributed by atoms with Crippen molar-refractivity contribution in [3.63, 3.8) is 0 Å². The van der Waals surface area contributed by atoms with Gasteiger partial charge in [-0.05, 0) is 67.9 Å². The van der Waals surface area contributed by atoms with Gasteiger partial charge in [-0.3, -0.25) is 9.69 Å². The third kappa shape index (κ3) is 3.84. The molecule has 1 N–H and O–H groups in total. The van der Waals surface area contributed by atoms with E-state index < -0.39 is 0 Å². The Kier molecular flexibility index (Phi) is 6.11. The highest BCUT2D eigenvalue weighted by molar-refractivity contribution is 8.19. The van der Waals surface area contributed by atoms with E-state index in [9.17, 15) is 9.90 Å². The number of phenols is 1. The minimum atomic E-state index is 0.0254. The van der Waals surface area contributed by atoms with Crippen LogP contribution in [0.4, 0.5) is 11.4 Å². The molecule has 0 aliphatic carbocycles. The van der Waals surface area contributed by atoms with E-state index in [4.69, 9.17) is 4.99 Å². The number of phenolic OH excluding ortho intramolecular Hbond substituents is 1. The van der Waals surface area contributed by atoms with Crippen LogP contribution in [0.1, 0.15) is 32.3 Å². The van der Waals surface area contributed by atoms with Crippen LogP contribution in [0, 0.1) is 6.92 Å². The Balaban J connectivity index is 1.75. The molecule has 2 aromatic rings. The SMILES string of the molecule is CCCCN1C(=O)/C(=C2/Sc3ccccc3N2CC)SC1=Nc1ccc(O)cc1C. The Labute approximate surface area is 185 Å². The lowest BCUT2D eigenvalue weighted by molar-refractivity contribution is -0.122. The standard InChI is InChI=1S/C23H25N3O2S2/c1-4-6-13-26-21(28)20(22-25(5-2)18-9-7-8-10-19(18)29-22)30-23(26)24-17-12-11-16(27)14-15(17)3/h7-12,14,27H,4-6,13H2,1-3H3/b22-20-,24-23?. The quantitative estimate of drug-likeness (QED) is 0.591. The van der Waals surface area contributed by atoms with Gasteiger partial charge in [-0.15, -0.1) is 0 Å². The summed E-state index contributed by atoms with van der Waals surface area (Å²) in [6.07, 6.45) is 1.93. The second-order valence-electron chi connectivity index (χ2n) is 7.23. The molecule has 5 nitrogen and oxygen atoms in total. The van der Waals surface area contributed by atoms with Crippen molar-refractivity contribution < 1.29 is 9.90 Å². The smallest absolute Gasteiger partial charge is 0.269 e. The number of hydrogen-bond acceptors (Lipinski definition) is 6. The summed E-state index contributed by atoms with van der Waals surface area (Å²) in [5, 5.41) is 11.4. The molecule has 7 heteroatoms. The van der Waals surface area contributed by atoms with Crippen LogP contribution in [0.2, 0.25) is 0 Å². The zero-order valence-electron chi connectivity index (χ0n) is 17.4. The van der Waals surface area contributed by atoms with Gasteiger partial charge in [0, 0.05) is 18.0 Å². The summed E-state index contributed by atoms with van der Waals surface area (Å²) in [5.41, 5.74) is 2.80. The summed E-state index contributed by atoms with van der Waals surface area (Å²) in [7, 11) is 0. The van der Waals surface area contributed by atoms with Crippen LogP contribution in [0.5, 0.6) is 5.75 Å². The van der Waals surface area contributed by atoms with Crippen molar-refractivity contribution in [1.29, 1.82) is 0 Å². The van der Waals surface area contributed by atoms with Gasteiger partial charge >= 0.3 is 0 Å². The lowest BCUT2D eigenvalue weighted by Gasteiger charge is -2.19. The zero-order chi connectivity index (χ0) is 21.3. The van der Waals surface area contributed by atoms with E-state index in [0.717, 1.165) is 46.3 Å². The molecule has 0 unspecified atom stereocenters. The van der Waals surface area contributed by atoms with E-state index in [2.05, 4.69) is 30.9 Å². The van der Waals surface area contributed by atoms with Crippen LogP contribution in [0.3, 0.4) is 0 Å². The van der Waals surface area contributed by atoms with Crippen molar-refractivity contribution in [1.82, 2.24) is 4.90 Å². The second kappa shape index (κ2) is 8.78. The van der Waals surface area contributed by atoms with Crippen molar-refractivity contribution in [3.8, 4) is 5.75 Å². The lowest BCUT2D eigenvalue weighted by atomic mass is 10.2. The van der Waals surface area contributed by atoms with Gasteiger partial charge in [-0.2, -0.15) is 0 Å². The van der Waals surface area contributed by atoms with Crippen molar-refractivity contribution in [2.24, 2.45) is 4.99 Å². The van der Waals surface area contributed by atoms with E-state index in [0.29, 0.717) is 11.7 Å². The van der Waals surface area contributed by atoms with Crippen molar-refractivity contribution in [2.45, 2.75) is 38.5 Å². The number of benzene rings is 2. The summed E-state index contributed by atoms with van der Waals surface area (Å²) < 4.78 is 0. The number of aromatic hydroxyl groups is 1. The Hall–Kier alpha value is -2.38. The lowest BCUT2D eigenvalue weighted by Crippen LogP contribution is -2.30. The number of carbonyl (C=O) groups excluding carboxylic acids is 1. The fourth-order valence-corrected chi connectivity index (χ4v) is 5.93. The number of anilines is 1. The highest BCUT2D eigenvalue weighted by Gasteiger charge is 2.39. The van der Waals surface area contributed by atoms with Gasteiger partial charge in [0.15, 0.2) is 5.17 Å². The molecule has 0 aromatic heterocycles. The normalized spacial score (nSPS) is 19.8. The first-order valence-corrected chi connectivity index (χ1v) is 11.8. The van der Waals surface area contributed by atoms with Crippen molar-refractivity contribution in [3.05, 3.63) is 58.0 Å². The molecule has 0 atom stereocenters. The highest BCUT2D eigenvalue weighted by atomic mass is 32.2. The predicted octanol–water partition coefficient (Wildman–Crippen LogP) is 5.86. The number of aryl methyl sites for hydroxylation is 1. The minimum absolute atomic E-state index is 0.0254. The minimum Gasteiger partial charge on any atom is -0.508 e. The van der Waals surface area contributed by atoms with Crippen LogP contribution in [-0.2, 0) is 4.79 Å². The Morgan fingerprint density at radius 1 is 1.07 bits per heavy atom. The molecule has 156 valence electrons. The first kappa shape index (κ1) is 20.9. The number of amidine groups is 1. The topological polar surface area (TPSA) is 56.1 Å².